The number of rotatable bonds is 1. The molecular formula is C9H18N2O. The first-order chi connectivity index (χ1) is 5.79. The Morgan fingerprint density at radius 1 is 1.58 bits per heavy atom. The van der Waals surface area contributed by atoms with Crippen molar-refractivity contribution in [2.45, 2.75) is 32.2 Å². The minimum absolute atomic E-state index is 0.130. The third-order valence-corrected chi connectivity index (χ3v) is 2.67. The lowest BCUT2D eigenvalue weighted by molar-refractivity contribution is -0.123. The van der Waals surface area contributed by atoms with Crippen LogP contribution < -0.4 is 10.6 Å². The summed E-state index contributed by atoms with van der Waals surface area (Å²) in [6, 6.07) is 0. The summed E-state index contributed by atoms with van der Waals surface area (Å²) >= 11 is 0. The predicted molar refractivity (Wildman–Crippen MR) is 48.9 cm³/mol. The molecule has 0 bridgehead atoms. The van der Waals surface area contributed by atoms with Gasteiger partial charge in [-0.15, -0.1) is 0 Å². The molecule has 0 radical (unpaired) electrons. The second-order valence-electron chi connectivity index (χ2n) is 3.17. The quantitative estimate of drug-likeness (QED) is 0.602. The number of carbonyl (C=O) groups is 1. The highest BCUT2D eigenvalue weighted by atomic mass is 16.2. The van der Waals surface area contributed by atoms with Gasteiger partial charge in [0, 0.05) is 7.05 Å². The molecule has 1 heterocycles. The van der Waals surface area contributed by atoms with Gasteiger partial charge in [0.1, 0.15) is 5.54 Å². The van der Waals surface area contributed by atoms with Crippen LogP contribution in [0.2, 0.25) is 0 Å². The fraction of sp³-hybridized carbons (Fsp3) is 0.889. The number of hydrogen-bond acceptors (Lipinski definition) is 2. The van der Waals surface area contributed by atoms with Crippen LogP contribution in [0.5, 0.6) is 0 Å². The molecule has 3 nitrogen and oxygen atoms in total. The Labute approximate surface area is 73.9 Å². The number of hydrogen-bond donors (Lipinski definition) is 2. The van der Waals surface area contributed by atoms with Crippen LogP contribution in [-0.2, 0) is 4.79 Å². The zero-order chi connectivity index (χ0) is 9.19. The van der Waals surface area contributed by atoms with Crippen LogP contribution in [0, 0.1) is 5.92 Å². The maximum absolute atomic E-state index is 11.2. The lowest BCUT2D eigenvalue weighted by Gasteiger charge is -2.10. The Hall–Kier alpha value is -0.570. The van der Waals surface area contributed by atoms with Gasteiger partial charge in [-0.1, -0.05) is 13.8 Å². The molecule has 70 valence electrons. The first kappa shape index (κ1) is 9.52. The zero-order valence-electron chi connectivity index (χ0n) is 8.11. The standard InChI is InChI=1S/C7H12N2O.C2H6/c1-8-6(10)7-4-5(7)2-3-9-7;1-2/h5,9H,2-4H2,1H3,(H,8,10);1-2H3. The lowest BCUT2D eigenvalue weighted by atomic mass is 10.2. The summed E-state index contributed by atoms with van der Waals surface area (Å²) < 4.78 is 0. The van der Waals surface area contributed by atoms with Crippen molar-refractivity contribution < 1.29 is 4.79 Å². The van der Waals surface area contributed by atoms with Gasteiger partial charge in [0.15, 0.2) is 0 Å². The number of likely N-dealkylation sites (N-methyl/N-ethyl adjacent to an activating group) is 1. The molecule has 2 fully saturated rings. The van der Waals surface area contributed by atoms with Crippen molar-refractivity contribution in [2.75, 3.05) is 13.6 Å². The SMILES string of the molecule is CC.CNC(=O)C12CC1CCN2. The molecule has 3 heteroatoms. The molecule has 1 saturated heterocycles. The van der Waals surface area contributed by atoms with Crippen molar-refractivity contribution in [2.24, 2.45) is 5.92 Å². The maximum Gasteiger partial charge on any atom is 0.240 e. The smallest absolute Gasteiger partial charge is 0.240 e. The van der Waals surface area contributed by atoms with E-state index in [1.54, 1.807) is 7.05 Å². The molecule has 0 aromatic heterocycles. The highest BCUT2D eigenvalue weighted by molar-refractivity contribution is 5.90. The van der Waals surface area contributed by atoms with Crippen LogP contribution in [0.4, 0.5) is 0 Å². The van der Waals surface area contributed by atoms with Gasteiger partial charge in [-0.05, 0) is 25.3 Å². The molecule has 0 spiro atoms. The topological polar surface area (TPSA) is 41.1 Å². The first-order valence-corrected chi connectivity index (χ1v) is 4.77. The summed E-state index contributed by atoms with van der Waals surface area (Å²) in [6.07, 6.45) is 2.22. The van der Waals surface area contributed by atoms with E-state index in [4.69, 9.17) is 0 Å². The third kappa shape index (κ3) is 1.22. The average molecular weight is 170 g/mol. The Balaban J connectivity index is 0.000000336. The Morgan fingerprint density at radius 2 is 2.25 bits per heavy atom. The Kier molecular flexibility index (Phi) is 2.73. The molecule has 1 saturated carbocycles. The number of amides is 1. The van der Waals surface area contributed by atoms with Crippen LogP contribution in [-0.4, -0.2) is 25.0 Å². The van der Waals surface area contributed by atoms with Gasteiger partial charge in [-0.3, -0.25) is 4.79 Å². The number of piperidine rings is 1. The average Bonchev–Trinajstić information content (AvgIpc) is 2.72. The van der Waals surface area contributed by atoms with Crippen molar-refractivity contribution >= 4 is 5.91 Å². The Morgan fingerprint density at radius 3 is 2.58 bits per heavy atom. The molecule has 2 unspecified atom stereocenters. The van der Waals surface area contributed by atoms with Gasteiger partial charge in [0.05, 0.1) is 0 Å². The zero-order valence-corrected chi connectivity index (χ0v) is 8.11. The van der Waals surface area contributed by atoms with Crippen molar-refractivity contribution in [3.63, 3.8) is 0 Å². The summed E-state index contributed by atoms with van der Waals surface area (Å²) in [7, 11) is 1.70. The molecular weight excluding hydrogens is 152 g/mol. The van der Waals surface area contributed by atoms with Gasteiger partial charge in [-0.2, -0.15) is 0 Å². The number of fused-ring (bicyclic) bond motifs is 1. The van der Waals surface area contributed by atoms with Crippen molar-refractivity contribution in [1.29, 1.82) is 0 Å². The number of carbonyl (C=O) groups excluding carboxylic acids is 1. The largest absolute Gasteiger partial charge is 0.358 e. The van der Waals surface area contributed by atoms with Gasteiger partial charge >= 0.3 is 0 Å². The van der Waals surface area contributed by atoms with E-state index in [9.17, 15) is 4.79 Å². The molecule has 12 heavy (non-hydrogen) atoms. The molecule has 2 N–H and O–H groups in total. The fourth-order valence-electron chi connectivity index (χ4n) is 1.95. The van der Waals surface area contributed by atoms with E-state index in [-0.39, 0.29) is 11.4 Å². The molecule has 1 amide bonds. The summed E-state index contributed by atoms with van der Waals surface area (Å²) in [5, 5.41) is 5.93. The van der Waals surface area contributed by atoms with Crippen LogP contribution in [0.1, 0.15) is 26.7 Å². The van der Waals surface area contributed by atoms with E-state index in [2.05, 4.69) is 10.6 Å². The maximum atomic E-state index is 11.2. The summed E-state index contributed by atoms with van der Waals surface area (Å²) in [4.78, 5) is 11.2. The van der Waals surface area contributed by atoms with Crippen LogP contribution in [0.25, 0.3) is 0 Å². The van der Waals surface area contributed by atoms with Gasteiger partial charge in [-0.25, -0.2) is 0 Å². The van der Waals surface area contributed by atoms with Gasteiger partial charge < -0.3 is 10.6 Å². The highest BCUT2D eigenvalue weighted by Gasteiger charge is 2.62. The van der Waals surface area contributed by atoms with Crippen LogP contribution in [0.15, 0.2) is 0 Å². The molecule has 1 aliphatic carbocycles. The molecule has 1 aliphatic heterocycles. The molecule has 2 atom stereocenters. The Bertz CT molecular complexity index is 181. The van der Waals surface area contributed by atoms with E-state index < -0.39 is 0 Å². The van der Waals surface area contributed by atoms with Crippen LogP contribution >= 0.6 is 0 Å². The number of nitrogens with one attached hydrogen (secondary N) is 2. The summed E-state index contributed by atoms with van der Waals surface area (Å²) in [6.45, 7) is 5.01. The first-order valence-electron chi connectivity index (χ1n) is 4.77. The molecule has 2 rings (SSSR count). The van der Waals surface area contributed by atoms with E-state index >= 15 is 0 Å². The van der Waals surface area contributed by atoms with Gasteiger partial charge in [0.25, 0.3) is 0 Å². The highest BCUT2D eigenvalue weighted by Crippen LogP contribution is 2.49. The monoisotopic (exact) mass is 170 g/mol. The van der Waals surface area contributed by atoms with E-state index in [0.29, 0.717) is 5.92 Å². The second-order valence-corrected chi connectivity index (χ2v) is 3.17. The van der Waals surface area contributed by atoms with Crippen LogP contribution in [0.3, 0.4) is 0 Å². The molecule has 0 aromatic rings. The normalized spacial score (nSPS) is 36.1. The fourth-order valence-corrected chi connectivity index (χ4v) is 1.95. The summed E-state index contributed by atoms with van der Waals surface area (Å²) in [5.74, 6) is 0.808. The molecule has 2 aliphatic rings. The van der Waals surface area contributed by atoms with Crippen molar-refractivity contribution in [3.8, 4) is 0 Å². The van der Waals surface area contributed by atoms with Crippen molar-refractivity contribution in [3.05, 3.63) is 0 Å². The lowest BCUT2D eigenvalue weighted by Crippen LogP contribution is -2.43. The third-order valence-electron chi connectivity index (χ3n) is 2.67. The summed E-state index contributed by atoms with van der Waals surface area (Å²) in [5.41, 5.74) is -0.130. The minimum Gasteiger partial charge on any atom is -0.358 e. The predicted octanol–water partition coefficient (Wildman–Crippen LogP) is 0.511. The van der Waals surface area contributed by atoms with Crippen molar-refractivity contribution in [1.82, 2.24) is 10.6 Å². The minimum atomic E-state index is -0.130. The molecule has 0 aromatic carbocycles. The van der Waals surface area contributed by atoms with E-state index in [0.717, 1.165) is 13.0 Å². The van der Waals surface area contributed by atoms with E-state index in [1.165, 1.54) is 6.42 Å². The second kappa shape index (κ2) is 3.44. The van der Waals surface area contributed by atoms with Gasteiger partial charge in [0.2, 0.25) is 5.91 Å². The van der Waals surface area contributed by atoms with E-state index in [1.807, 2.05) is 13.8 Å².